The van der Waals surface area contributed by atoms with Crippen LogP contribution in [0.4, 0.5) is 0 Å². The first-order chi connectivity index (χ1) is 13.9. The molecule has 0 spiro atoms. The molecular formula is C22H25ClN2O3S. The number of benzene rings is 2. The molecular weight excluding hydrogens is 408 g/mol. The second-order valence-electron chi connectivity index (χ2n) is 7.18. The quantitative estimate of drug-likeness (QED) is 0.620. The van der Waals surface area contributed by atoms with Crippen LogP contribution in [0.5, 0.6) is 0 Å². The lowest BCUT2D eigenvalue weighted by Crippen LogP contribution is -2.32. The fourth-order valence-electron chi connectivity index (χ4n) is 3.34. The van der Waals surface area contributed by atoms with Gasteiger partial charge in [0.2, 0.25) is 15.9 Å². The minimum absolute atomic E-state index is 0.0508. The molecule has 0 aliphatic heterocycles. The van der Waals surface area contributed by atoms with Crippen molar-refractivity contribution in [3.8, 4) is 0 Å². The Morgan fingerprint density at radius 2 is 1.83 bits per heavy atom. The highest BCUT2D eigenvalue weighted by Gasteiger charge is 2.22. The molecule has 2 aromatic rings. The van der Waals surface area contributed by atoms with E-state index in [1.54, 1.807) is 42.5 Å². The van der Waals surface area contributed by atoms with Crippen molar-refractivity contribution in [3.63, 3.8) is 0 Å². The fraction of sp³-hybridized carbons (Fsp3) is 0.318. The molecule has 154 valence electrons. The number of halogens is 1. The minimum atomic E-state index is -3.47. The van der Waals surface area contributed by atoms with Crippen LogP contribution >= 0.6 is 11.6 Å². The zero-order chi connectivity index (χ0) is 20.7. The van der Waals surface area contributed by atoms with Gasteiger partial charge in [0.25, 0.3) is 0 Å². The normalized spacial score (nSPS) is 15.1. The average Bonchev–Trinajstić information content (AvgIpc) is 3.19. The summed E-state index contributed by atoms with van der Waals surface area (Å²) in [5.74, 6) is -0.190. The summed E-state index contributed by atoms with van der Waals surface area (Å²) in [7, 11) is -3.47. The van der Waals surface area contributed by atoms with Crippen molar-refractivity contribution in [1.29, 1.82) is 0 Å². The molecule has 1 aliphatic carbocycles. The van der Waals surface area contributed by atoms with Crippen LogP contribution in [0.3, 0.4) is 0 Å². The summed E-state index contributed by atoms with van der Waals surface area (Å²) < 4.78 is 27.6. The molecule has 1 aliphatic rings. The van der Waals surface area contributed by atoms with E-state index in [0.29, 0.717) is 18.0 Å². The lowest BCUT2D eigenvalue weighted by Gasteiger charge is -2.12. The molecule has 1 amide bonds. The summed E-state index contributed by atoms with van der Waals surface area (Å²) in [5, 5.41) is 3.44. The van der Waals surface area contributed by atoms with Gasteiger partial charge in [0.05, 0.1) is 4.90 Å². The van der Waals surface area contributed by atoms with Crippen LogP contribution in [0, 0.1) is 0 Å². The Balaban J connectivity index is 1.46. The Morgan fingerprint density at radius 3 is 2.52 bits per heavy atom. The number of hydrogen-bond acceptors (Lipinski definition) is 3. The Morgan fingerprint density at radius 1 is 1.10 bits per heavy atom. The molecule has 5 nitrogen and oxygen atoms in total. The minimum Gasteiger partial charge on any atom is -0.352 e. The monoisotopic (exact) mass is 432 g/mol. The van der Waals surface area contributed by atoms with E-state index in [9.17, 15) is 13.2 Å². The van der Waals surface area contributed by atoms with Crippen molar-refractivity contribution < 1.29 is 13.2 Å². The predicted molar refractivity (Wildman–Crippen MR) is 116 cm³/mol. The smallest absolute Gasteiger partial charge is 0.244 e. The summed E-state index contributed by atoms with van der Waals surface area (Å²) in [6, 6.07) is 14.1. The van der Waals surface area contributed by atoms with E-state index in [2.05, 4.69) is 10.0 Å². The highest BCUT2D eigenvalue weighted by atomic mass is 35.5. The van der Waals surface area contributed by atoms with E-state index in [-0.39, 0.29) is 16.8 Å². The first kappa shape index (κ1) is 21.6. The zero-order valence-corrected chi connectivity index (χ0v) is 17.7. The van der Waals surface area contributed by atoms with Crippen molar-refractivity contribution in [3.05, 3.63) is 70.8 Å². The molecule has 0 unspecified atom stereocenters. The number of carbonyl (C=O) groups excluding carboxylic acids is 1. The summed E-state index contributed by atoms with van der Waals surface area (Å²) in [6.45, 7) is 0.463. The first-order valence-electron chi connectivity index (χ1n) is 9.75. The van der Waals surface area contributed by atoms with Gasteiger partial charge in [-0.3, -0.25) is 4.79 Å². The number of amides is 1. The van der Waals surface area contributed by atoms with Crippen LogP contribution in [0.1, 0.15) is 36.8 Å². The van der Waals surface area contributed by atoms with Gasteiger partial charge in [-0.1, -0.05) is 48.7 Å². The van der Waals surface area contributed by atoms with E-state index in [0.717, 1.165) is 36.8 Å². The van der Waals surface area contributed by atoms with E-state index >= 15 is 0 Å². The van der Waals surface area contributed by atoms with Crippen molar-refractivity contribution in [1.82, 2.24) is 10.0 Å². The van der Waals surface area contributed by atoms with Gasteiger partial charge >= 0.3 is 0 Å². The Kier molecular flexibility index (Phi) is 7.47. The molecule has 3 rings (SSSR count). The van der Waals surface area contributed by atoms with Gasteiger partial charge in [-0.25, -0.2) is 13.1 Å². The molecule has 1 fully saturated rings. The lowest BCUT2D eigenvalue weighted by atomic mass is 10.1. The number of sulfonamides is 1. The van der Waals surface area contributed by atoms with Gasteiger partial charge in [0.15, 0.2) is 0 Å². The van der Waals surface area contributed by atoms with Gasteiger partial charge in [0.1, 0.15) is 0 Å². The third-order valence-electron chi connectivity index (χ3n) is 4.90. The molecule has 2 N–H and O–H groups in total. The fourth-order valence-corrected chi connectivity index (χ4v) is 4.84. The molecule has 1 saturated carbocycles. The van der Waals surface area contributed by atoms with Gasteiger partial charge in [-0.05, 0) is 60.7 Å². The maximum atomic E-state index is 12.4. The Labute approximate surface area is 177 Å². The zero-order valence-electron chi connectivity index (χ0n) is 16.1. The molecule has 0 saturated heterocycles. The van der Waals surface area contributed by atoms with E-state index in [1.165, 1.54) is 6.08 Å². The standard InChI is InChI=1S/C22H25ClN2O3S/c23-19-5-3-4-18(16-19)10-13-22(26)24-15-14-17-8-11-21(12-9-17)29(27,28)25-20-6-1-2-7-20/h3-5,8-13,16,20,25H,1-2,6-7,14-15H2,(H,24,26)/b13-10+. The van der Waals surface area contributed by atoms with Gasteiger partial charge in [-0.15, -0.1) is 0 Å². The molecule has 7 heteroatoms. The number of nitrogens with one attached hydrogen (secondary N) is 2. The molecule has 2 aromatic carbocycles. The summed E-state index contributed by atoms with van der Waals surface area (Å²) in [5.41, 5.74) is 1.82. The second kappa shape index (κ2) is 10.1. The third-order valence-corrected chi connectivity index (χ3v) is 6.67. The molecule has 0 aromatic heterocycles. The topological polar surface area (TPSA) is 75.3 Å². The van der Waals surface area contributed by atoms with Crippen molar-refractivity contribution in [2.75, 3.05) is 6.54 Å². The third kappa shape index (κ3) is 6.70. The largest absolute Gasteiger partial charge is 0.352 e. The number of hydrogen-bond donors (Lipinski definition) is 2. The highest BCUT2D eigenvalue weighted by molar-refractivity contribution is 7.89. The van der Waals surface area contributed by atoms with Gasteiger partial charge in [-0.2, -0.15) is 0 Å². The van der Waals surface area contributed by atoms with Gasteiger partial charge in [0, 0.05) is 23.7 Å². The second-order valence-corrected chi connectivity index (χ2v) is 9.33. The maximum absolute atomic E-state index is 12.4. The van der Waals surface area contributed by atoms with E-state index < -0.39 is 10.0 Å². The molecule has 0 atom stereocenters. The van der Waals surface area contributed by atoms with E-state index in [4.69, 9.17) is 11.6 Å². The SMILES string of the molecule is O=C(/C=C/c1cccc(Cl)c1)NCCc1ccc(S(=O)(=O)NC2CCCC2)cc1. The average molecular weight is 433 g/mol. The summed E-state index contributed by atoms with van der Waals surface area (Å²) in [6.07, 6.45) is 7.76. The molecule has 0 bridgehead atoms. The van der Waals surface area contributed by atoms with Crippen LogP contribution in [0.25, 0.3) is 6.08 Å². The Bertz CT molecular complexity index is 966. The molecule has 29 heavy (non-hydrogen) atoms. The van der Waals surface area contributed by atoms with Crippen molar-refractivity contribution >= 4 is 33.6 Å². The number of rotatable bonds is 8. The first-order valence-corrected chi connectivity index (χ1v) is 11.6. The van der Waals surface area contributed by atoms with Crippen molar-refractivity contribution in [2.24, 2.45) is 0 Å². The molecule has 0 heterocycles. The lowest BCUT2D eigenvalue weighted by molar-refractivity contribution is -0.116. The highest BCUT2D eigenvalue weighted by Crippen LogP contribution is 2.20. The van der Waals surface area contributed by atoms with Crippen LogP contribution < -0.4 is 10.0 Å². The van der Waals surface area contributed by atoms with Crippen molar-refractivity contribution in [2.45, 2.75) is 43.0 Å². The van der Waals surface area contributed by atoms with Crippen LogP contribution in [0.15, 0.2) is 59.5 Å². The molecule has 0 radical (unpaired) electrons. The van der Waals surface area contributed by atoms with E-state index in [1.807, 2.05) is 12.1 Å². The predicted octanol–water partition coefficient (Wildman–Crippen LogP) is 3.93. The maximum Gasteiger partial charge on any atom is 0.244 e. The van der Waals surface area contributed by atoms with Crippen LogP contribution in [0.2, 0.25) is 5.02 Å². The Hall–Kier alpha value is -2.15. The van der Waals surface area contributed by atoms with Crippen LogP contribution in [-0.2, 0) is 21.2 Å². The number of carbonyl (C=O) groups is 1. The summed E-state index contributed by atoms with van der Waals surface area (Å²) in [4.78, 5) is 12.2. The summed E-state index contributed by atoms with van der Waals surface area (Å²) >= 11 is 5.92. The van der Waals surface area contributed by atoms with Gasteiger partial charge < -0.3 is 5.32 Å². The van der Waals surface area contributed by atoms with Crippen LogP contribution in [-0.4, -0.2) is 26.9 Å².